The first-order chi connectivity index (χ1) is 6.84. The zero-order valence-corrected chi connectivity index (χ0v) is 8.91. The lowest BCUT2D eigenvalue weighted by Gasteiger charge is -2.08. The van der Waals surface area contributed by atoms with Crippen molar-refractivity contribution in [3.05, 3.63) is 35.9 Å². The van der Waals surface area contributed by atoms with Crippen LogP contribution >= 0.6 is 11.6 Å². The summed E-state index contributed by atoms with van der Waals surface area (Å²) < 4.78 is 0. The number of carbonyl (C=O) groups excluding carboxylic acids is 1. The highest BCUT2D eigenvalue weighted by atomic mass is 35.5. The lowest BCUT2D eigenvalue weighted by Crippen LogP contribution is -1.90. The fourth-order valence-corrected chi connectivity index (χ4v) is 1.68. The molecular weight excluding hydrogens is 196 g/mol. The van der Waals surface area contributed by atoms with Gasteiger partial charge < -0.3 is 4.79 Å². The Morgan fingerprint density at radius 3 is 2.57 bits per heavy atom. The average molecular weight is 211 g/mol. The van der Waals surface area contributed by atoms with Gasteiger partial charge in [-0.2, -0.15) is 0 Å². The van der Waals surface area contributed by atoms with Crippen LogP contribution in [0.2, 0.25) is 0 Å². The average Bonchev–Trinajstić information content (AvgIpc) is 2.25. The smallest absolute Gasteiger partial charge is 0.119 e. The van der Waals surface area contributed by atoms with Crippen molar-refractivity contribution in [2.75, 3.05) is 0 Å². The number of hydrogen-bond acceptors (Lipinski definition) is 1. The van der Waals surface area contributed by atoms with Crippen molar-refractivity contribution in [1.29, 1.82) is 0 Å². The summed E-state index contributed by atoms with van der Waals surface area (Å²) in [6, 6.07) is 10.1. The summed E-state index contributed by atoms with van der Waals surface area (Å²) in [5, 5.41) is 0.0860. The number of benzene rings is 1. The highest BCUT2D eigenvalue weighted by molar-refractivity contribution is 6.20. The molecule has 1 atom stereocenters. The molecule has 1 aromatic carbocycles. The maximum Gasteiger partial charge on any atom is 0.119 e. The van der Waals surface area contributed by atoms with E-state index in [1.165, 1.54) is 5.56 Å². The monoisotopic (exact) mass is 210 g/mol. The number of alkyl halides is 1. The second kappa shape index (κ2) is 6.61. The predicted molar refractivity (Wildman–Crippen MR) is 59.6 cm³/mol. The Labute approximate surface area is 90.1 Å². The minimum atomic E-state index is 0.0860. The van der Waals surface area contributed by atoms with Gasteiger partial charge in [0.1, 0.15) is 6.29 Å². The molecule has 0 aliphatic heterocycles. The van der Waals surface area contributed by atoms with E-state index in [0.29, 0.717) is 6.42 Å². The van der Waals surface area contributed by atoms with Crippen LogP contribution in [-0.2, 0) is 4.79 Å². The van der Waals surface area contributed by atoms with Crippen LogP contribution in [0.25, 0.3) is 0 Å². The standard InChI is InChI=1S/C12H15ClO/c13-12(9-5-2-6-10-14)11-7-3-1-4-8-11/h1,3-4,7-8,10,12H,2,5-6,9H2. The molecule has 1 rings (SSSR count). The van der Waals surface area contributed by atoms with Crippen LogP contribution in [0.15, 0.2) is 30.3 Å². The number of aldehydes is 1. The van der Waals surface area contributed by atoms with Gasteiger partial charge in [0.15, 0.2) is 0 Å². The van der Waals surface area contributed by atoms with Crippen molar-refractivity contribution in [2.45, 2.75) is 31.1 Å². The Morgan fingerprint density at radius 1 is 1.21 bits per heavy atom. The first-order valence-corrected chi connectivity index (χ1v) is 5.41. The molecule has 0 aliphatic rings. The fraction of sp³-hybridized carbons (Fsp3) is 0.417. The molecule has 0 bridgehead atoms. The van der Waals surface area contributed by atoms with Crippen molar-refractivity contribution >= 4 is 17.9 Å². The number of carbonyl (C=O) groups is 1. The number of rotatable bonds is 6. The maximum atomic E-state index is 10.1. The van der Waals surface area contributed by atoms with Gasteiger partial charge in [0, 0.05) is 6.42 Å². The Bertz CT molecular complexity index is 258. The van der Waals surface area contributed by atoms with Gasteiger partial charge >= 0.3 is 0 Å². The van der Waals surface area contributed by atoms with Crippen LogP contribution in [0.3, 0.4) is 0 Å². The molecular formula is C12H15ClO. The quantitative estimate of drug-likeness (QED) is 0.397. The van der Waals surface area contributed by atoms with Crippen molar-refractivity contribution in [3.63, 3.8) is 0 Å². The second-order valence-electron chi connectivity index (χ2n) is 3.33. The third kappa shape index (κ3) is 3.93. The van der Waals surface area contributed by atoms with Gasteiger partial charge in [0.05, 0.1) is 5.38 Å². The molecule has 0 spiro atoms. The lowest BCUT2D eigenvalue weighted by molar-refractivity contribution is -0.107. The van der Waals surface area contributed by atoms with E-state index in [1.54, 1.807) is 0 Å². The van der Waals surface area contributed by atoms with Gasteiger partial charge in [0.25, 0.3) is 0 Å². The molecule has 76 valence electrons. The highest BCUT2D eigenvalue weighted by Gasteiger charge is 2.05. The van der Waals surface area contributed by atoms with Crippen LogP contribution < -0.4 is 0 Å². The summed E-state index contributed by atoms with van der Waals surface area (Å²) in [7, 11) is 0. The number of hydrogen-bond donors (Lipinski definition) is 0. The van der Waals surface area contributed by atoms with E-state index in [2.05, 4.69) is 0 Å². The zero-order valence-electron chi connectivity index (χ0n) is 8.16. The van der Waals surface area contributed by atoms with Gasteiger partial charge in [0.2, 0.25) is 0 Å². The summed E-state index contributed by atoms with van der Waals surface area (Å²) >= 11 is 6.20. The summed E-state index contributed by atoms with van der Waals surface area (Å²) in [4.78, 5) is 10.1. The molecule has 0 aliphatic carbocycles. The third-order valence-electron chi connectivity index (χ3n) is 2.19. The van der Waals surface area contributed by atoms with E-state index >= 15 is 0 Å². The van der Waals surface area contributed by atoms with E-state index < -0.39 is 0 Å². The minimum absolute atomic E-state index is 0.0860. The summed E-state index contributed by atoms with van der Waals surface area (Å²) in [6.45, 7) is 0. The molecule has 0 radical (unpaired) electrons. The van der Waals surface area contributed by atoms with Crippen LogP contribution in [-0.4, -0.2) is 6.29 Å². The van der Waals surface area contributed by atoms with E-state index in [1.807, 2.05) is 30.3 Å². The SMILES string of the molecule is O=CCCCCC(Cl)c1ccccc1. The normalized spacial score (nSPS) is 12.4. The minimum Gasteiger partial charge on any atom is -0.303 e. The second-order valence-corrected chi connectivity index (χ2v) is 3.86. The molecule has 1 nitrogen and oxygen atoms in total. The Balaban J connectivity index is 2.28. The molecule has 1 unspecified atom stereocenters. The molecule has 0 saturated carbocycles. The van der Waals surface area contributed by atoms with Gasteiger partial charge in [-0.1, -0.05) is 36.8 Å². The van der Waals surface area contributed by atoms with Crippen LogP contribution in [0.4, 0.5) is 0 Å². The van der Waals surface area contributed by atoms with E-state index in [4.69, 9.17) is 11.6 Å². The topological polar surface area (TPSA) is 17.1 Å². The Kier molecular flexibility index (Phi) is 5.31. The highest BCUT2D eigenvalue weighted by Crippen LogP contribution is 2.25. The maximum absolute atomic E-state index is 10.1. The van der Waals surface area contributed by atoms with E-state index in [-0.39, 0.29) is 5.38 Å². The molecule has 0 N–H and O–H groups in total. The molecule has 0 saturated heterocycles. The van der Waals surface area contributed by atoms with Crippen molar-refractivity contribution < 1.29 is 4.79 Å². The van der Waals surface area contributed by atoms with Gasteiger partial charge in [-0.05, 0) is 18.4 Å². The van der Waals surface area contributed by atoms with Gasteiger partial charge in [-0.3, -0.25) is 0 Å². The first kappa shape index (κ1) is 11.3. The molecule has 2 heteroatoms. The zero-order chi connectivity index (χ0) is 10.2. The molecule has 1 aromatic rings. The first-order valence-electron chi connectivity index (χ1n) is 4.97. The van der Waals surface area contributed by atoms with E-state index in [9.17, 15) is 4.79 Å². The molecule has 0 aromatic heterocycles. The Hall–Kier alpha value is -0.820. The van der Waals surface area contributed by atoms with Gasteiger partial charge in [-0.15, -0.1) is 11.6 Å². The van der Waals surface area contributed by atoms with Crippen LogP contribution in [0.1, 0.15) is 36.6 Å². The van der Waals surface area contributed by atoms with Crippen molar-refractivity contribution in [3.8, 4) is 0 Å². The van der Waals surface area contributed by atoms with Crippen LogP contribution in [0, 0.1) is 0 Å². The fourth-order valence-electron chi connectivity index (χ4n) is 1.38. The lowest BCUT2D eigenvalue weighted by atomic mass is 10.1. The Morgan fingerprint density at radius 2 is 1.93 bits per heavy atom. The van der Waals surface area contributed by atoms with Crippen molar-refractivity contribution in [1.82, 2.24) is 0 Å². The molecule has 0 amide bonds. The van der Waals surface area contributed by atoms with Crippen molar-refractivity contribution in [2.24, 2.45) is 0 Å². The van der Waals surface area contributed by atoms with Crippen LogP contribution in [0.5, 0.6) is 0 Å². The number of halogens is 1. The third-order valence-corrected chi connectivity index (χ3v) is 2.66. The molecule has 0 heterocycles. The summed E-state index contributed by atoms with van der Waals surface area (Å²) in [6.07, 6.45) is 4.52. The summed E-state index contributed by atoms with van der Waals surface area (Å²) in [5.41, 5.74) is 1.17. The largest absolute Gasteiger partial charge is 0.303 e. The van der Waals surface area contributed by atoms with Gasteiger partial charge in [-0.25, -0.2) is 0 Å². The van der Waals surface area contributed by atoms with E-state index in [0.717, 1.165) is 25.5 Å². The summed E-state index contributed by atoms with van der Waals surface area (Å²) in [5.74, 6) is 0. The predicted octanol–water partition coefficient (Wildman–Crippen LogP) is 3.73. The molecule has 0 fully saturated rings. The molecule has 14 heavy (non-hydrogen) atoms. The number of unbranched alkanes of at least 4 members (excludes halogenated alkanes) is 2.